The Labute approximate surface area is 148 Å². The molecule has 25 heavy (non-hydrogen) atoms. The fourth-order valence-electron chi connectivity index (χ4n) is 3.57. The zero-order valence-electron chi connectivity index (χ0n) is 13.9. The first-order valence-corrected chi connectivity index (χ1v) is 8.46. The monoisotopic (exact) mass is 370 g/mol. The van der Waals surface area contributed by atoms with Crippen LogP contribution in [0.5, 0.6) is 0 Å². The predicted octanol–water partition coefficient (Wildman–Crippen LogP) is 5.43. The highest BCUT2D eigenvalue weighted by Crippen LogP contribution is 2.56. The largest absolute Gasteiger partial charge is 0.402 e. The van der Waals surface area contributed by atoms with Crippen molar-refractivity contribution in [2.45, 2.75) is 44.7 Å². The molecule has 1 aliphatic rings. The van der Waals surface area contributed by atoms with E-state index in [0.717, 1.165) is 0 Å². The van der Waals surface area contributed by atoms with E-state index in [4.69, 9.17) is 11.6 Å². The van der Waals surface area contributed by atoms with Crippen molar-refractivity contribution in [2.75, 3.05) is 5.32 Å². The third kappa shape index (κ3) is 2.72. The Balaban J connectivity index is 2.43. The van der Waals surface area contributed by atoms with Crippen LogP contribution in [0.4, 0.5) is 24.5 Å². The summed E-state index contributed by atoms with van der Waals surface area (Å²) < 4.78 is 43.5. The Hall–Kier alpha value is -1.95. The van der Waals surface area contributed by atoms with Gasteiger partial charge in [0, 0.05) is 22.0 Å². The molecule has 3 nitrogen and oxygen atoms in total. The number of aromatic nitrogens is 1. The summed E-state index contributed by atoms with van der Waals surface area (Å²) >= 11 is 6.01. The summed E-state index contributed by atoms with van der Waals surface area (Å²) in [4.78, 5) is 14.9. The van der Waals surface area contributed by atoms with Crippen molar-refractivity contribution in [3.05, 3.63) is 56.5 Å². The maximum atomic E-state index is 14.5. The summed E-state index contributed by atoms with van der Waals surface area (Å²) in [6, 6.07) is 5.78. The molecular formula is C18H18ClF3N2O. The summed E-state index contributed by atoms with van der Waals surface area (Å²) in [5.74, 6) is 0. The highest BCUT2D eigenvalue weighted by Gasteiger charge is 2.60. The van der Waals surface area contributed by atoms with Crippen LogP contribution < -0.4 is 10.9 Å². The number of hydrogen-bond donors (Lipinski definition) is 2. The van der Waals surface area contributed by atoms with Crippen LogP contribution in [-0.2, 0) is 5.41 Å². The number of unbranched alkanes of at least 4 members (excludes halogenated alkanes) is 1. The molecule has 0 spiro atoms. The second-order valence-electron chi connectivity index (χ2n) is 6.39. The smallest absolute Gasteiger partial charge is 0.351 e. The Morgan fingerprint density at radius 2 is 1.92 bits per heavy atom. The molecule has 3 rings (SSSR count). The quantitative estimate of drug-likeness (QED) is 0.756. The molecule has 0 fully saturated rings. The molecule has 1 aliphatic heterocycles. The van der Waals surface area contributed by atoms with Crippen molar-refractivity contribution in [3.8, 4) is 0 Å². The van der Waals surface area contributed by atoms with E-state index < -0.39 is 17.2 Å². The third-order valence-electron chi connectivity index (χ3n) is 4.72. The summed E-state index contributed by atoms with van der Waals surface area (Å²) in [6.07, 6.45) is -3.73. The SMILES string of the molecule is CCCCC1(C(F)(F)F)c2cc(Cl)ccc2Nc2c1cc(C)[nH]c2=O. The van der Waals surface area contributed by atoms with E-state index in [-0.39, 0.29) is 33.9 Å². The number of H-pyrrole nitrogens is 1. The molecule has 0 bridgehead atoms. The number of alkyl halides is 3. The number of aromatic amines is 1. The van der Waals surface area contributed by atoms with Crippen molar-refractivity contribution < 1.29 is 13.2 Å². The molecule has 2 aromatic rings. The van der Waals surface area contributed by atoms with Gasteiger partial charge in [-0.15, -0.1) is 0 Å². The third-order valence-corrected chi connectivity index (χ3v) is 4.95. The van der Waals surface area contributed by atoms with E-state index in [9.17, 15) is 18.0 Å². The Morgan fingerprint density at radius 1 is 1.20 bits per heavy atom. The van der Waals surface area contributed by atoms with E-state index in [1.165, 1.54) is 24.3 Å². The number of fused-ring (bicyclic) bond motifs is 2. The second kappa shape index (κ2) is 6.09. The van der Waals surface area contributed by atoms with E-state index in [0.29, 0.717) is 18.5 Å². The Bertz CT molecular complexity index is 876. The normalized spacial score (nSPS) is 19.1. The molecule has 2 N–H and O–H groups in total. The van der Waals surface area contributed by atoms with Gasteiger partial charge in [0.15, 0.2) is 0 Å². The summed E-state index contributed by atoms with van der Waals surface area (Å²) in [7, 11) is 0. The lowest BCUT2D eigenvalue weighted by molar-refractivity contribution is -0.180. The minimum atomic E-state index is -4.57. The Kier molecular flexibility index (Phi) is 4.35. The van der Waals surface area contributed by atoms with Gasteiger partial charge in [-0.3, -0.25) is 4.79 Å². The number of aryl methyl sites for hydroxylation is 1. The molecule has 0 aliphatic carbocycles. The number of rotatable bonds is 3. The summed E-state index contributed by atoms with van der Waals surface area (Å²) in [5, 5.41) is 3.10. The Morgan fingerprint density at radius 3 is 2.56 bits per heavy atom. The zero-order valence-corrected chi connectivity index (χ0v) is 14.6. The molecular weight excluding hydrogens is 353 g/mol. The van der Waals surface area contributed by atoms with Crippen molar-refractivity contribution in [1.82, 2.24) is 4.98 Å². The van der Waals surface area contributed by atoms with Gasteiger partial charge in [0.25, 0.3) is 5.56 Å². The van der Waals surface area contributed by atoms with Gasteiger partial charge < -0.3 is 10.3 Å². The molecule has 1 aromatic heterocycles. The van der Waals surface area contributed by atoms with Crippen LogP contribution in [-0.4, -0.2) is 11.2 Å². The number of halogens is 4. The first kappa shape index (κ1) is 17.9. The number of benzene rings is 1. The van der Waals surface area contributed by atoms with Crippen LogP contribution in [0.15, 0.2) is 29.1 Å². The lowest BCUT2D eigenvalue weighted by atomic mass is 9.67. The van der Waals surface area contributed by atoms with Crippen LogP contribution >= 0.6 is 11.6 Å². The van der Waals surface area contributed by atoms with Gasteiger partial charge in [0.1, 0.15) is 11.1 Å². The van der Waals surface area contributed by atoms with E-state index >= 15 is 0 Å². The van der Waals surface area contributed by atoms with Gasteiger partial charge in [-0.2, -0.15) is 13.2 Å². The van der Waals surface area contributed by atoms with E-state index in [1.807, 2.05) is 6.92 Å². The standard InChI is InChI=1S/C18H18ClF3N2O/c1-3-4-7-17(18(20,21)22)12-9-11(19)5-6-14(12)24-15-13(17)8-10(2)23-16(15)25/h5-6,8-9,24H,3-4,7H2,1-2H3,(H,23,25). The number of hydrogen-bond acceptors (Lipinski definition) is 2. The van der Waals surface area contributed by atoms with Gasteiger partial charge in [-0.1, -0.05) is 31.4 Å². The highest BCUT2D eigenvalue weighted by atomic mass is 35.5. The van der Waals surface area contributed by atoms with Gasteiger partial charge in [-0.05, 0) is 43.2 Å². The van der Waals surface area contributed by atoms with Gasteiger partial charge >= 0.3 is 6.18 Å². The molecule has 2 heterocycles. The molecule has 134 valence electrons. The van der Waals surface area contributed by atoms with Crippen molar-refractivity contribution in [1.29, 1.82) is 0 Å². The molecule has 1 atom stereocenters. The average molecular weight is 371 g/mol. The first-order valence-electron chi connectivity index (χ1n) is 8.09. The number of pyridine rings is 1. The number of nitrogens with one attached hydrogen (secondary N) is 2. The van der Waals surface area contributed by atoms with Crippen molar-refractivity contribution in [3.63, 3.8) is 0 Å². The fraction of sp³-hybridized carbons (Fsp3) is 0.389. The van der Waals surface area contributed by atoms with Crippen LogP contribution in [0.1, 0.15) is 43.0 Å². The molecule has 0 saturated heterocycles. The average Bonchev–Trinajstić information content (AvgIpc) is 2.51. The van der Waals surface area contributed by atoms with Crippen molar-refractivity contribution >= 4 is 23.0 Å². The van der Waals surface area contributed by atoms with Crippen LogP contribution in [0, 0.1) is 6.92 Å². The molecule has 0 amide bonds. The fourth-order valence-corrected chi connectivity index (χ4v) is 3.74. The predicted molar refractivity (Wildman–Crippen MR) is 92.9 cm³/mol. The van der Waals surface area contributed by atoms with Gasteiger partial charge in [0.05, 0.1) is 0 Å². The van der Waals surface area contributed by atoms with E-state index in [2.05, 4.69) is 10.3 Å². The molecule has 7 heteroatoms. The van der Waals surface area contributed by atoms with Crippen molar-refractivity contribution in [2.24, 2.45) is 0 Å². The topological polar surface area (TPSA) is 44.9 Å². The lowest BCUT2D eigenvalue weighted by Gasteiger charge is -2.42. The summed E-state index contributed by atoms with van der Waals surface area (Å²) in [6.45, 7) is 3.42. The zero-order chi connectivity index (χ0) is 18.4. The lowest BCUT2D eigenvalue weighted by Crippen LogP contribution is -2.47. The molecule has 0 saturated carbocycles. The second-order valence-corrected chi connectivity index (χ2v) is 6.83. The molecule has 1 unspecified atom stereocenters. The van der Waals surface area contributed by atoms with E-state index in [1.54, 1.807) is 6.92 Å². The van der Waals surface area contributed by atoms with Crippen LogP contribution in [0.3, 0.4) is 0 Å². The van der Waals surface area contributed by atoms with Gasteiger partial charge in [0.2, 0.25) is 0 Å². The highest BCUT2D eigenvalue weighted by molar-refractivity contribution is 6.30. The summed E-state index contributed by atoms with van der Waals surface area (Å²) in [5.41, 5.74) is -2.18. The minimum Gasteiger partial charge on any atom is -0.351 e. The maximum Gasteiger partial charge on any atom is 0.402 e. The number of anilines is 2. The first-order chi connectivity index (χ1) is 11.7. The maximum absolute atomic E-state index is 14.5. The minimum absolute atomic E-state index is 0.0375. The molecule has 1 aromatic carbocycles. The van der Waals surface area contributed by atoms with Crippen LogP contribution in [0.25, 0.3) is 0 Å². The van der Waals surface area contributed by atoms with Crippen LogP contribution in [0.2, 0.25) is 5.02 Å². The van der Waals surface area contributed by atoms with Gasteiger partial charge in [-0.25, -0.2) is 0 Å². The molecule has 0 radical (unpaired) electrons.